The second-order valence-corrected chi connectivity index (χ2v) is 7.00. The molecule has 1 aliphatic carbocycles. The summed E-state index contributed by atoms with van der Waals surface area (Å²) in [4.78, 5) is 23.4. The monoisotopic (exact) mass is 383 g/mol. The molecule has 0 aliphatic heterocycles. The number of amides is 1. The zero-order chi connectivity index (χ0) is 19.7. The number of hydrogen-bond donors (Lipinski definition) is 5. The van der Waals surface area contributed by atoms with Gasteiger partial charge in [-0.2, -0.15) is 0 Å². The fourth-order valence-electron chi connectivity index (χ4n) is 3.59. The van der Waals surface area contributed by atoms with Crippen LogP contribution in [0.3, 0.4) is 0 Å². The summed E-state index contributed by atoms with van der Waals surface area (Å²) in [5, 5.41) is 7.00. The molecular weight excluding hydrogens is 361 g/mol. The molecule has 28 heavy (non-hydrogen) atoms. The van der Waals surface area contributed by atoms with E-state index in [2.05, 4.69) is 25.6 Å². The Morgan fingerprint density at radius 3 is 2.86 bits per heavy atom. The van der Waals surface area contributed by atoms with E-state index in [1.54, 1.807) is 18.5 Å². The number of pyridine rings is 2. The summed E-state index contributed by atoms with van der Waals surface area (Å²) in [6, 6.07) is 4.56. The van der Waals surface area contributed by atoms with Crippen LogP contribution in [0.25, 0.3) is 11.0 Å². The molecule has 9 heteroatoms. The van der Waals surface area contributed by atoms with E-state index in [1.165, 1.54) is 0 Å². The van der Waals surface area contributed by atoms with Crippen LogP contribution in [0, 0.1) is 5.82 Å². The Balaban J connectivity index is 1.70. The molecule has 8 nitrogen and oxygen atoms in total. The minimum atomic E-state index is -0.769. The number of carbonyl (C=O) groups is 1. The van der Waals surface area contributed by atoms with E-state index in [4.69, 9.17) is 11.5 Å². The van der Waals surface area contributed by atoms with Gasteiger partial charge in [-0.15, -0.1) is 0 Å². The van der Waals surface area contributed by atoms with Crippen LogP contribution in [0.5, 0.6) is 0 Å². The van der Waals surface area contributed by atoms with E-state index >= 15 is 0 Å². The molecule has 1 fully saturated rings. The topological polar surface area (TPSA) is 135 Å². The van der Waals surface area contributed by atoms with Gasteiger partial charge < -0.3 is 27.1 Å². The summed E-state index contributed by atoms with van der Waals surface area (Å²) < 4.78 is 14.6. The van der Waals surface area contributed by atoms with Crippen molar-refractivity contribution in [2.75, 3.05) is 10.6 Å². The molecule has 0 saturated heterocycles. The van der Waals surface area contributed by atoms with Crippen molar-refractivity contribution in [3.05, 3.63) is 42.0 Å². The molecule has 0 bridgehead atoms. The summed E-state index contributed by atoms with van der Waals surface area (Å²) in [5.74, 6) is -1.18. The lowest BCUT2D eigenvalue weighted by Gasteiger charge is -2.30. The molecule has 3 heterocycles. The molecular formula is C19H22FN7O. The number of primary amides is 1. The Labute approximate surface area is 160 Å². The maximum absolute atomic E-state index is 14.6. The Morgan fingerprint density at radius 1 is 1.25 bits per heavy atom. The molecule has 7 N–H and O–H groups in total. The van der Waals surface area contributed by atoms with E-state index in [-0.39, 0.29) is 29.3 Å². The molecule has 3 aromatic rings. The summed E-state index contributed by atoms with van der Waals surface area (Å²) in [7, 11) is 0. The van der Waals surface area contributed by atoms with E-state index in [9.17, 15) is 9.18 Å². The maximum atomic E-state index is 14.6. The van der Waals surface area contributed by atoms with Crippen molar-refractivity contribution in [1.29, 1.82) is 0 Å². The van der Waals surface area contributed by atoms with Crippen molar-refractivity contribution in [2.24, 2.45) is 11.5 Å². The third-order valence-electron chi connectivity index (χ3n) is 5.10. The molecule has 2 atom stereocenters. The minimum absolute atomic E-state index is 0.0310. The normalized spacial score (nSPS) is 19.5. The number of aromatic amines is 1. The molecule has 0 radical (unpaired) electrons. The zero-order valence-corrected chi connectivity index (χ0v) is 15.2. The van der Waals surface area contributed by atoms with Gasteiger partial charge in [0.05, 0.1) is 11.3 Å². The zero-order valence-electron chi connectivity index (χ0n) is 15.2. The Morgan fingerprint density at radius 2 is 2.07 bits per heavy atom. The van der Waals surface area contributed by atoms with Gasteiger partial charge in [0.2, 0.25) is 0 Å². The van der Waals surface area contributed by atoms with Crippen LogP contribution in [0.2, 0.25) is 0 Å². The molecule has 0 spiro atoms. The fraction of sp³-hybridized carbons (Fsp3) is 0.316. The standard InChI is InChI=1S/C19H22FN7O/c20-12-9-11(16(22)28)18(25-14-6-8-24-17-10(14)5-7-23-17)27-19(12)26-15-4-2-1-3-13(15)21/h5-9,13,15H,1-4,21H2,(H2,22,28)(H3,23,24,25,26,27)/t13-,15?/m0/s1. The van der Waals surface area contributed by atoms with Crippen LogP contribution in [0.4, 0.5) is 21.7 Å². The van der Waals surface area contributed by atoms with Gasteiger partial charge in [-0.1, -0.05) is 12.8 Å². The number of hydrogen-bond acceptors (Lipinski definition) is 6. The summed E-state index contributed by atoms with van der Waals surface area (Å²) in [5.41, 5.74) is 12.9. The highest BCUT2D eigenvalue weighted by molar-refractivity contribution is 6.00. The van der Waals surface area contributed by atoms with E-state index in [0.717, 1.165) is 37.1 Å². The van der Waals surface area contributed by atoms with Crippen molar-refractivity contribution < 1.29 is 9.18 Å². The first-order valence-electron chi connectivity index (χ1n) is 9.24. The first-order chi connectivity index (χ1) is 13.5. The number of fused-ring (bicyclic) bond motifs is 1. The van der Waals surface area contributed by atoms with Crippen LogP contribution in [-0.2, 0) is 0 Å². The predicted molar refractivity (Wildman–Crippen MR) is 106 cm³/mol. The second kappa shape index (κ2) is 7.43. The minimum Gasteiger partial charge on any atom is -0.365 e. The SMILES string of the molecule is NC(=O)c1cc(F)c(NC2CCCC[C@@H]2N)nc1Nc1ccnc2[nH]ccc12. The molecule has 146 valence electrons. The summed E-state index contributed by atoms with van der Waals surface area (Å²) in [6.07, 6.45) is 7.20. The van der Waals surface area contributed by atoms with Crippen molar-refractivity contribution >= 4 is 34.3 Å². The van der Waals surface area contributed by atoms with E-state index < -0.39 is 11.7 Å². The van der Waals surface area contributed by atoms with Crippen molar-refractivity contribution in [1.82, 2.24) is 15.0 Å². The third kappa shape index (κ3) is 3.48. The van der Waals surface area contributed by atoms with Gasteiger partial charge in [0.15, 0.2) is 11.6 Å². The highest BCUT2D eigenvalue weighted by Crippen LogP contribution is 2.29. The Bertz CT molecular complexity index is 1020. The second-order valence-electron chi connectivity index (χ2n) is 7.00. The average molecular weight is 383 g/mol. The quantitative estimate of drug-likeness (QED) is 0.460. The van der Waals surface area contributed by atoms with Crippen LogP contribution in [-0.4, -0.2) is 32.9 Å². The van der Waals surface area contributed by atoms with Gasteiger partial charge in [-0.25, -0.2) is 14.4 Å². The van der Waals surface area contributed by atoms with Gasteiger partial charge >= 0.3 is 0 Å². The Kier molecular flexibility index (Phi) is 4.82. The third-order valence-corrected chi connectivity index (χ3v) is 5.10. The largest absolute Gasteiger partial charge is 0.365 e. The van der Waals surface area contributed by atoms with Gasteiger partial charge in [-0.3, -0.25) is 4.79 Å². The van der Waals surface area contributed by atoms with Gasteiger partial charge in [0.1, 0.15) is 11.5 Å². The molecule has 4 rings (SSSR count). The average Bonchev–Trinajstić information content (AvgIpc) is 3.15. The number of aromatic nitrogens is 3. The number of rotatable bonds is 5. The smallest absolute Gasteiger partial charge is 0.252 e. The van der Waals surface area contributed by atoms with Crippen molar-refractivity contribution in [2.45, 2.75) is 37.8 Å². The van der Waals surface area contributed by atoms with Crippen LogP contribution >= 0.6 is 0 Å². The van der Waals surface area contributed by atoms with Crippen LogP contribution in [0.1, 0.15) is 36.0 Å². The number of nitrogens with two attached hydrogens (primary N) is 2. The molecule has 1 saturated carbocycles. The van der Waals surface area contributed by atoms with Gasteiger partial charge in [0, 0.05) is 29.9 Å². The molecule has 3 aromatic heterocycles. The van der Waals surface area contributed by atoms with Crippen molar-refractivity contribution in [3.63, 3.8) is 0 Å². The highest BCUT2D eigenvalue weighted by atomic mass is 19.1. The van der Waals surface area contributed by atoms with E-state index in [0.29, 0.717) is 11.3 Å². The summed E-state index contributed by atoms with van der Waals surface area (Å²) in [6.45, 7) is 0. The van der Waals surface area contributed by atoms with E-state index in [1.807, 2.05) is 6.07 Å². The molecule has 1 amide bonds. The number of anilines is 3. The van der Waals surface area contributed by atoms with Gasteiger partial charge in [-0.05, 0) is 31.0 Å². The first kappa shape index (κ1) is 18.2. The fourth-order valence-corrected chi connectivity index (χ4v) is 3.59. The number of H-pyrrole nitrogens is 1. The molecule has 1 aliphatic rings. The predicted octanol–water partition coefficient (Wildman–Crippen LogP) is 2.62. The molecule has 1 unspecified atom stereocenters. The van der Waals surface area contributed by atoms with Crippen LogP contribution < -0.4 is 22.1 Å². The van der Waals surface area contributed by atoms with Crippen molar-refractivity contribution in [3.8, 4) is 0 Å². The Hall–Kier alpha value is -3.20. The number of nitrogens with zero attached hydrogens (tertiary/aromatic N) is 2. The van der Waals surface area contributed by atoms with Gasteiger partial charge in [0.25, 0.3) is 5.91 Å². The number of carbonyl (C=O) groups excluding carboxylic acids is 1. The number of halogens is 1. The maximum Gasteiger partial charge on any atom is 0.252 e. The molecule has 0 aromatic carbocycles. The number of nitrogens with one attached hydrogen (secondary N) is 3. The highest BCUT2D eigenvalue weighted by Gasteiger charge is 2.24. The summed E-state index contributed by atoms with van der Waals surface area (Å²) >= 11 is 0. The van der Waals surface area contributed by atoms with Crippen LogP contribution in [0.15, 0.2) is 30.6 Å². The lowest BCUT2D eigenvalue weighted by molar-refractivity contribution is 0.100. The first-order valence-corrected chi connectivity index (χ1v) is 9.24. The lowest BCUT2D eigenvalue weighted by Crippen LogP contribution is -2.43. The lowest BCUT2D eigenvalue weighted by atomic mass is 9.91.